The Morgan fingerprint density at radius 2 is 2.10 bits per heavy atom. The molecule has 4 heterocycles. The van der Waals surface area contributed by atoms with Gasteiger partial charge >= 0.3 is 12.1 Å². The lowest BCUT2D eigenvalue weighted by atomic mass is 9.91. The fraction of sp³-hybridized carbons (Fsp3) is 0.321. The Labute approximate surface area is 236 Å². The van der Waals surface area contributed by atoms with Crippen LogP contribution in [0.25, 0.3) is 0 Å². The fourth-order valence-corrected chi connectivity index (χ4v) is 7.36. The number of pyridine rings is 1. The van der Waals surface area contributed by atoms with Gasteiger partial charge in [-0.1, -0.05) is 18.2 Å². The van der Waals surface area contributed by atoms with Crippen molar-refractivity contribution in [3.8, 4) is 5.75 Å². The number of morpholine rings is 1. The summed E-state index contributed by atoms with van der Waals surface area (Å²) in [6.45, 7) is 0.00246. The average molecular weight is 585 g/mol. The van der Waals surface area contributed by atoms with Gasteiger partial charge in [-0.3, -0.25) is 10.2 Å². The molecule has 2 N–H and O–H groups in total. The Morgan fingerprint density at radius 3 is 2.93 bits per heavy atom. The summed E-state index contributed by atoms with van der Waals surface area (Å²) in [6, 6.07) is 9.92. The lowest BCUT2D eigenvalue weighted by Gasteiger charge is -2.35. The van der Waals surface area contributed by atoms with Gasteiger partial charge in [-0.15, -0.1) is 11.8 Å². The van der Waals surface area contributed by atoms with Crippen molar-refractivity contribution < 1.29 is 42.2 Å². The van der Waals surface area contributed by atoms with Crippen LogP contribution >= 0.6 is 11.8 Å². The number of methoxy groups -OCH3 is 1. The minimum absolute atomic E-state index is 0.0770. The first-order chi connectivity index (χ1) is 19.8. The molecule has 1 aromatic heterocycles. The fourth-order valence-electron chi connectivity index (χ4n) is 6.21. The molecule has 2 atom stereocenters. The predicted octanol–water partition coefficient (Wildman–Crippen LogP) is 3.34. The van der Waals surface area contributed by atoms with Crippen molar-refractivity contribution in [1.29, 1.82) is 0 Å². The molecule has 1 saturated heterocycles. The van der Waals surface area contributed by atoms with Crippen LogP contribution in [0.3, 0.4) is 0 Å². The van der Waals surface area contributed by atoms with Crippen molar-refractivity contribution in [2.75, 3.05) is 32.5 Å². The number of benzene rings is 2. The van der Waals surface area contributed by atoms with Gasteiger partial charge in [0.05, 0.1) is 13.5 Å². The zero-order chi connectivity index (χ0) is 28.5. The highest BCUT2D eigenvalue weighted by Crippen LogP contribution is 2.63. The minimum atomic E-state index is -0.980. The summed E-state index contributed by atoms with van der Waals surface area (Å²) in [5, 5.41) is 11.5. The maximum Gasteiger partial charge on any atom is 0.510 e. The van der Waals surface area contributed by atoms with E-state index in [9.17, 15) is 23.5 Å². The smallest absolute Gasteiger partial charge is 0.458 e. The molecule has 2 fully saturated rings. The topological polar surface area (TPSA) is 111 Å². The van der Waals surface area contributed by atoms with Crippen LogP contribution in [-0.4, -0.2) is 59.1 Å². The van der Waals surface area contributed by atoms with Crippen LogP contribution in [0.4, 0.5) is 13.6 Å². The van der Waals surface area contributed by atoms with Gasteiger partial charge in [-0.2, -0.15) is 4.58 Å². The third kappa shape index (κ3) is 3.68. The van der Waals surface area contributed by atoms with E-state index in [1.807, 2.05) is 18.2 Å². The van der Waals surface area contributed by atoms with E-state index in [0.29, 0.717) is 36.3 Å². The Bertz CT molecular complexity index is 1730. The number of carbonyl (C=O) groups is 1. The van der Waals surface area contributed by atoms with E-state index in [-0.39, 0.29) is 23.9 Å². The Morgan fingerprint density at radius 1 is 1.24 bits per heavy atom. The normalized spacial score (nSPS) is 23.5. The van der Waals surface area contributed by atoms with E-state index in [2.05, 4.69) is 10.2 Å². The molecule has 0 unspecified atom stereocenters. The van der Waals surface area contributed by atoms with Crippen molar-refractivity contribution >= 4 is 23.8 Å². The number of aliphatic hydroxyl groups excluding tert-OH is 1. The summed E-state index contributed by atoms with van der Waals surface area (Å²) in [4.78, 5) is 25.0. The molecule has 1 spiro atoms. The molecule has 0 amide bonds. The number of fused-ring (bicyclic) bond motifs is 3. The molecular weight excluding hydrogens is 560 g/mol. The summed E-state index contributed by atoms with van der Waals surface area (Å²) in [5.74, 6) is -1.78. The molecule has 4 aliphatic rings. The number of aliphatic hydroxyl groups is 1. The number of nitrogens with one attached hydrogen (secondary N) is 1. The van der Waals surface area contributed by atoms with Gasteiger partial charge in [0.25, 0.3) is 5.66 Å². The van der Waals surface area contributed by atoms with E-state index >= 15 is 0 Å². The van der Waals surface area contributed by atoms with E-state index in [1.54, 1.807) is 10.6 Å². The van der Waals surface area contributed by atoms with Gasteiger partial charge in [0.2, 0.25) is 23.7 Å². The Balaban J connectivity index is 1.30. The number of hydrogen-bond donors (Lipinski definition) is 2. The molecule has 3 aliphatic heterocycles. The third-order valence-electron chi connectivity index (χ3n) is 8.15. The van der Waals surface area contributed by atoms with E-state index in [0.717, 1.165) is 29.2 Å². The first-order valence-electron chi connectivity index (χ1n) is 12.9. The molecule has 0 radical (unpaired) electrons. The number of nitrogens with zero attached hydrogens (tertiary/aromatic N) is 2. The molecule has 13 heteroatoms. The van der Waals surface area contributed by atoms with E-state index < -0.39 is 41.3 Å². The van der Waals surface area contributed by atoms with Crippen molar-refractivity contribution in [3.05, 3.63) is 92.4 Å². The average Bonchev–Trinajstić information content (AvgIpc) is 3.69. The van der Waals surface area contributed by atoms with Gasteiger partial charge in [-0.25, -0.2) is 18.3 Å². The third-order valence-corrected chi connectivity index (χ3v) is 9.27. The Kier molecular flexibility index (Phi) is 5.81. The first kappa shape index (κ1) is 25.8. The SMILES string of the molecule is COC(=O)OCOc1c2n(ccc1=O)N[C@]13C[C@@]1(c1cccc4c1Cc1ccc(F)c(F)c1CS4)OCC[N+]3=C2O. The highest BCUT2D eigenvalue weighted by Gasteiger charge is 2.83. The van der Waals surface area contributed by atoms with Crippen LogP contribution in [0.5, 0.6) is 5.75 Å². The lowest BCUT2D eigenvalue weighted by Crippen LogP contribution is -2.58. The molecular formula is C28H24F2N3O7S+. The number of carbonyl (C=O) groups excluding carboxylic acids is 1. The summed E-state index contributed by atoms with van der Waals surface area (Å²) in [7, 11) is 1.14. The molecule has 212 valence electrons. The zero-order valence-corrected chi connectivity index (χ0v) is 22.6. The molecule has 1 aliphatic carbocycles. The lowest BCUT2D eigenvalue weighted by molar-refractivity contribution is -0.612. The number of ether oxygens (including phenoxy) is 4. The van der Waals surface area contributed by atoms with Gasteiger partial charge in [0, 0.05) is 28.5 Å². The minimum Gasteiger partial charge on any atom is -0.458 e. The van der Waals surface area contributed by atoms with Crippen molar-refractivity contribution in [3.63, 3.8) is 0 Å². The van der Waals surface area contributed by atoms with E-state index in [4.69, 9.17) is 14.2 Å². The molecule has 3 aromatic rings. The highest BCUT2D eigenvalue weighted by atomic mass is 32.2. The first-order valence-corrected chi connectivity index (χ1v) is 13.8. The molecule has 1 saturated carbocycles. The number of hydrogen-bond acceptors (Lipinski definition) is 8. The zero-order valence-electron chi connectivity index (χ0n) is 21.7. The summed E-state index contributed by atoms with van der Waals surface area (Å²) in [6.07, 6.45) is 1.36. The number of thioether (sulfide) groups is 1. The second kappa shape index (κ2) is 9.21. The van der Waals surface area contributed by atoms with Crippen LogP contribution in [-0.2, 0) is 32.0 Å². The van der Waals surface area contributed by atoms with Gasteiger partial charge in [0.1, 0.15) is 6.61 Å². The molecule has 0 bridgehead atoms. The van der Waals surface area contributed by atoms with E-state index in [1.165, 1.54) is 28.7 Å². The van der Waals surface area contributed by atoms with Crippen LogP contribution < -0.4 is 15.6 Å². The van der Waals surface area contributed by atoms with Crippen molar-refractivity contribution in [2.45, 2.75) is 34.8 Å². The largest absolute Gasteiger partial charge is 0.510 e. The molecule has 10 nitrogen and oxygen atoms in total. The van der Waals surface area contributed by atoms with Gasteiger partial charge < -0.3 is 24.1 Å². The molecule has 41 heavy (non-hydrogen) atoms. The molecule has 2 aromatic carbocycles. The monoisotopic (exact) mass is 584 g/mol. The second-order valence-electron chi connectivity index (χ2n) is 10.1. The van der Waals surface area contributed by atoms with Crippen LogP contribution in [0, 0.1) is 11.6 Å². The number of rotatable bonds is 4. The Hall–Kier alpha value is -4.10. The maximum atomic E-state index is 14.7. The highest BCUT2D eigenvalue weighted by molar-refractivity contribution is 7.98. The number of aromatic nitrogens is 1. The summed E-state index contributed by atoms with van der Waals surface area (Å²) in [5.41, 5.74) is 4.11. The van der Waals surface area contributed by atoms with Crippen molar-refractivity contribution in [1.82, 2.24) is 4.68 Å². The number of halogens is 2. The summed E-state index contributed by atoms with van der Waals surface area (Å²) < 4.78 is 53.1. The van der Waals surface area contributed by atoms with Crippen LogP contribution in [0.2, 0.25) is 0 Å². The predicted molar refractivity (Wildman–Crippen MR) is 141 cm³/mol. The standard InChI is InChI=1S/C28H23F2N3O7S/c1-37-26(36)39-14-38-24-20(34)7-8-33-23(24)25(35)32-9-10-40-27(13-28(27,32)31-33)18-3-2-4-21-16(18)11-15-5-6-19(29)22(30)17(15)12-41-21/h2-8,31H,9-14H2,1H3/p+1/t27-,28-/m0/s1. The van der Waals surface area contributed by atoms with Crippen LogP contribution in [0.15, 0.2) is 52.3 Å². The van der Waals surface area contributed by atoms with Crippen molar-refractivity contribution in [2.24, 2.45) is 0 Å². The summed E-state index contributed by atoms with van der Waals surface area (Å²) >= 11 is 1.45. The maximum absolute atomic E-state index is 14.7. The van der Waals surface area contributed by atoms with Gasteiger partial charge in [-0.05, 0) is 35.2 Å². The second-order valence-corrected chi connectivity index (χ2v) is 11.2. The van der Waals surface area contributed by atoms with Gasteiger partial charge in [0.15, 0.2) is 23.8 Å². The molecule has 7 rings (SSSR count). The van der Waals surface area contributed by atoms with Crippen LogP contribution in [0.1, 0.15) is 34.4 Å². The quantitative estimate of drug-likeness (QED) is 0.271.